The molecule has 2 saturated heterocycles. The Kier molecular flexibility index (Phi) is 4.18. The van der Waals surface area contributed by atoms with Crippen molar-refractivity contribution in [1.29, 1.82) is 0 Å². The van der Waals surface area contributed by atoms with Crippen LogP contribution in [0.5, 0.6) is 0 Å². The van der Waals surface area contributed by atoms with Gasteiger partial charge in [-0.1, -0.05) is 0 Å². The number of nitrogens with zero attached hydrogens (tertiary/aromatic N) is 5. The SMILES string of the molecule is Cc1nc2c(c(N3CCN(C)[C@@]4(CCC(=O)N(C)CC4)C3)n1)CCC2. The summed E-state index contributed by atoms with van der Waals surface area (Å²) in [5.74, 6) is 2.33. The summed E-state index contributed by atoms with van der Waals surface area (Å²) in [5, 5.41) is 0. The van der Waals surface area contributed by atoms with Crippen LogP contribution < -0.4 is 4.90 Å². The first kappa shape index (κ1) is 16.8. The van der Waals surface area contributed by atoms with Gasteiger partial charge in [0.25, 0.3) is 0 Å². The van der Waals surface area contributed by atoms with Crippen LogP contribution in [0.25, 0.3) is 0 Å². The molecular weight excluding hydrogens is 314 g/mol. The molecule has 1 amide bonds. The summed E-state index contributed by atoms with van der Waals surface area (Å²) in [6, 6.07) is 0. The number of hydrogen-bond donors (Lipinski definition) is 0. The van der Waals surface area contributed by atoms with Crippen LogP contribution in [0.1, 0.15) is 42.8 Å². The molecule has 0 N–H and O–H groups in total. The second-order valence-corrected chi connectivity index (χ2v) is 8.01. The van der Waals surface area contributed by atoms with E-state index in [9.17, 15) is 4.79 Å². The largest absolute Gasteiger partial charge is 0.353 e. The number of rotatable bonds is 1. The number of carbonyl (C=O) groups excluding carboxylic acids is 1. The van der Waals surface area contributed by atoms with E-state index in [0.717, 1.165) is 63.5 Å². The normalized spacial score (nSPS) is 27.7. The van der Waals surface area contributed by atoms with Crippen LogP contribution in [0, 0.1) is 6.92 Å². The molecule has 0 aromatic carbocycles. The molecule has 1 spiro atoms. The Balaban J connectivity index is 1.64. The van der Waals surface area contributed by atoms with Crippen LogP contribution in [0.3, 0.4) is 0 Å². The molecule has 1 atom stereocenters. The number of piperazine rings is 1. The zero-order valence-corrected chi connectivity index (χ0v) is 15.7. The van der Waals surface area contributed by atoms with Crippen LogP contribution in [-0.2, 0) is 17.6 Å². The highest BCUT2D eigenvalue weighted by atomic mass is 16.2. The van der Waals surface area contributed by atoms with Crippen LogP contribution in [0.2, 0.25) is 0 Å². The van der Waals surface area contributed by atoms with Crippen LogP contribution in [-0.4, -0.2) is 71.5 Å². The van der Waals surface area contributed by atoms with E-state index >= 15 is 0 Å². The molecule has 0 unspecified atom stereocenters. The lowest BCUT2D eigenvalue weighted by molar-refractivity contribution is -0.129. The number of fused-ring (bicyclic) bond motifs is 1. The Morgan fingerprint density at radius 2 is 1.84 bits per heavy atom. The number of likely N-dealkylation sites (tertiary alicyclic amines) is 1. The lowest BCUT2D eigenvalue weighted by Gasteiger charge is -2.50. The lowest BCUT2D eigenvalue weighted by Crippen LogP contribution is -2.61. The lowest BCUT2D eigenvalue weighted by atomic mass is 9.86. The molecular formula is C19H29N5O. The topological polar surface area (TPSA) is 52.6 Å². The first-order chi connectivity index (χ1) is 12.0. The number of amides is 1. The van der Waals surface area contributed by atoms with Crippen LogP contribution in [0.15, 0.2) is 0 Å². The summed E-state index contributed by atoms with van der Waals surface area (Å²) in [5.41, 5.74) is 2.70. The third kappa shape index (κ3) is 2.90. The number of anilines is 1. The van der Waals surface area contributed by atoms with Crippen molar-refractivity contribution >= 4 is 11.7 Å². The predicted octanol–water partition coefficient (Wildman–Crippen LogP) is 1.41. The van der Waals surface area contributed by atoms with Crippen molar-refractivity contribution in [3.05, 3.63) is 17.1 Å². The molecule has 3 aliphatic rings. The molecule has 3 heterocycles. The van der Waals surface area contributed by atoms with E-state index in [0.29, 0.717) is 6.42 Å². The van der Waals surface area contributed by atoms with Gasteiger partial charge in [0.1, 0.15) is 11.6 Å². The van der Waals surface area contributed by atoms with Gasteiger partial charge >= 0.3 is 0 Å². The highest BCUT2D eigenvalue weighted by Gasteiger charge is 2.42. The van der Waals surface area contributed by atoms with Gasteiger partial charge in [0, 0.05) is 56.4 Å². The van der Waals surface area contributed by atoms with Gasteiger partial charge in [0.15, 0.2) is 0 Å². The number of likely N-dealkylation sites (N-methyl/N-ethyl adjacent to an activating group) is 1. The molecule has 2 aliphatic heterocycles. The van der Waals surface area contributed by atoms with Crippen molar-refractivity contribution in [3.63, 3.8) is 0 Å². The van der Waals surface area contributed by atoms with E-state index in [-0.39, 0.29) is 11.4 Å². The minimum Gasteiger partial charge on any atom is -0.353 e. The number of carbonyl (C=O) groups is 1. The molecule has 0 saturated carbocycles. The van der Waals surface area contributed by atoms with E-state index in [2.05, 4.69) is 21.8 Å². The van der Waals surface area contributed by atoms with Crippen molar-refractivity contribution in [3.8, 4) is 0 Å². The number of aryl methyl sites for hydroxylation is 2. The molecule has 0 bridgehead atoms. The summed E-state index contributed by atoms with van der Waals surface area (Å²) >= 11 is 0. The van der Waals surface area contributed by atoms with Crippen molar-refractivity contribution < 1.29 is 4.79 Å². The molecule has 136 valence electrons. The summed E-state index contributed by atoms with van der Waals surface area (Å²) in [6.07, 6.45) is 6.01. The maximum Gasteiger partial charge on any atom is 0.222 e. The van der Waals surface area contributed by atoms with Crippen molar-refractivity contribution in [1.82, 2.24) is 19.8 Å². The van der Waals surface area contributed by atoms with Gasteiger partial charge in [0.05, 0.1) is 0 Å². The molecule has 1 aromatic heterocycles. The van der Waals surface area contributed by atoms with Crippen LogP contribution >= 0.6 is 0 Å². The molecule has 6 nitrogen and oxygen atoms in total. The standard InChI is InChI=1S/C19H29N5O/c1-14-20-16-6-4-5-15(16)18(21-14)24-12-11-23(3)19(13-24)8-7-17(25)22(2)10-9-19/h4-13H2,1-3H3/t19-/m1/s1. The van der Waals surface area contributed by atoms with Crippen LogP contribution in [0.4, 0.5) is 5.82 Å². The number of hydrogen-bond acceptors (Lipinski definition) is 5. The summed E-state index contributed by atoms with van der Waals surface area (Å²) in [4.78, 5) is 28.5. The molecule has 6 heteroatoms. The van der Waals surface area contributed by atoms with Crippen molar-refractivity contribution in [2.45, 2.75) is 51.0 Å². The molecule has 4 rings (SSSR count). The fraction of sp³-hybridized carbons (Fsp3) is 0.737. The fourth-order valence-corrected chi connectivity index (χ4v) is 4.73. The first-order valence-corrected chi connectivity index (χ1v) is 9.55. The third-order valence-corrected chi connectivity index (χ3v) is 6.47. The zero-order chi connectivity index (χ0) is 17.6. The summed E-state index contributed by atoms with van der Waals surface area (Å²) in [7, 11) is 4.16. The van der Waals surface area contributed by atoms with Gasteiger partial charge < -0.3 is 9.80 Å². The Morgan fingerprint density at radius 3 is 2.68 bits per heavy atom. The minimum atomic E-state index is 0.0724. The highest BCUT2D eigenvalue weighted by molar-refractivity contribution is 5.76. The van der Waals surface area contributed by atoms with Gasteiger partial charge in [-0.2, -0.15) is 0 Å². The Bertz CT molecular complexity index is 691. The van der Waals surface area contributed by atoms with E-state index in [1.807, 2.05) is 18.9 Å². The first-order valence-electron chi connectivity index (χ1n) is 9.55. The predicted molar refractivity (Wildman–Crippen MR) is 97.9 cm³/mol. The molecule has 0 radical (unpaired) electrons. The van der Waals surface area contributed by atoms with Crippen molar-refractivity contribution in [2.75, 3.05) is 45.2 Å². The molecule has 2 fully saturated rings. The second-order valence-electron chi connectivity index (χ2n) is 8.01. The Hall–Kier alpha value is -1.69. The molecule has 1 aromatic rings. The zero-order valence-electron chi connectivity index (χ0n) is 15.7. The smallest absolute Gasteiger partial charge is 0.222 e. The van der Waals surface area contributed by atoms with E-state index in [1.54, 1.807) is 0 Å². The van der Waals surface area contributed by atoms with E-state index in [4.69, 9.17) is 4.98 Å². The van der Waals surface area contributed by atoms with Gasteiger partial charge in [0.2, 0.25) is 5.91 Å². The number of aromatic nitrogens is 2. The van der Waals surface area contributed by atoms with Crippen molar-refractivity contribution in [2.24, 2.45) is 0 Å². The average Bonchev–Trinajstić information content (AvgIpc) is 3.01. The highest BCUT2D eigenvalue weighted by Crippen LogP contribution is 2.36. The maximum atomic E-state index is 12.2. The Labute approximate surface area is 150 Å². The third-order valence-electron chi connectivity index (χ3n) is 6.47. The van der Waals surface area contributed by atoms with Gasteiger partial charge in [-0.05, 0) is 46.1 Å². The van der Waals surface area contributed by atoms with E-state index < -0.39 is 0 Å². The summed E-state index contributed by atoms with van der Waals surface area (Å²) in [6.45, 7) is 5.85. The average molecular weight is 343 g/mol. The van der Waals surface area contributed by atoms with Gasteiger partial charge in [-0.15, -0.1) is 0 Å². The van der Waals surface area contributed by atoms with Gasteiger partial charge in [-0.25, -0.2) is 9.97 Å². The van der Waals surface area contributed by atoms with E-state index in [1.165, 1.54) is 17.7 Å². The fourth-order valence-electron chi connectivity index (χ4n) is 4.73. The monoisotopic (exact) mass is 343 g/mol. The maximum absolute atomic E-state index is 12.2. The quantitative estimate of drug-likeness (QED) is 0.772. The van der Waals surface area contributed by atoms with Gasteiger partial charge in [-0.3, -0.25) is 9.69 Å². The summed E-state index contributed by atoms with van der Waals surface area (Å²) < 4.78 is 0. The minimum absolute atomic E-state index is 0.0724. The molecule has 1 aliphatic carbocycles. The Morgan fingerprint density at radius 1 is 1.00 bits per heavy atom. The second kappa shape index (κ2) is 6.24. The molecule has 25 heavy (non-hydrogen) atoms.